The van der Waals surface area contributed by atoms with Crippen LogP contribution in [0.25, 0.3) is 11.2 Å². The molecule has 3 aromatic rings. The van der Waals surface area contributed by atoms with Crippen molar-refractivity contribution in [3.8, 4) is 0 Å². The molecule has 0 spiro atoms. The minimum atomic E-state index is -0.239. The fourth-order valence-corrected chi connectivity index (χ4v) is 2.28. The van der Waals surface area contributed by atoms with Gasteiger partial charge in [0.25, 0.3) is 5.91 Å². The van der Waals surface area contributed by atoms with Gasteiger partial charge in [-0.25, -0.2) is 15.0 Å². The molecule has 1 aromatic carbocycles. The molecule has 8 heteroatoms. The highest BCUT2D eigenvalue weighted by atomic mass is 16.1. The summed E-state index contributed by atoms with van der Waals surface area (Å²) >= 11 is 0. The fraction of sp³-hybridized carbons (Fsp3) is 0.250. The van der Waals surface area contributed by atoms with Crippen molar-refractivity contribution < 1.29 is 4.79 Å². The van der Waals surface area contributed by atoms with Gasteiger partial charge in [-0.3, -0.25) is 4.79 Å². The molecule has 0 saturated heterocycles. The third-order valence-corrected chi connectivity index (χ3v) is 3.65. The second-order valence-corrected chi connectivity index (χ2v) is 5.80. The molecule has 3 rings (SSSR count). The molecule has 0 radical (unpaired) electrons. The van der Waals surface area contributed by atoms with Crippen LogP contribution >= 0.6 is 0 Å². The van der Waals surface area contributed by atoms with Crippen LogP contribution in [0, 0.1) is 0 Å². The first-order valence-electron chi connectivity index (χ1n) is 7.41. The summed E-state index contributed by atoms with van der Waals surface area (Å²) in [6.07, 6.45) is 2.89. The van der Waals surface area contributed by atoms with Gasteiger partial charge in [0.15, 0.2) is 11.5 Å². The molecule has 2 N–H and O–H groups in total. The minimum absolute atomic E-state index is 0.239. The summed E-state index contributed by atoms with van der Waals surface area (Å²) in [6, 6.07) is 5.70. The van der Waals surface area contributed by atoms with Crippen LogP contribution in [0.5, 0.6) is 0 Å². The number of nitrogens with zero attached hydrogens (tertiary/aromatic N) is 5. The van der Waals surface area contributed by atoms with E-state index in [1.54, 1.807) is 0 Å². The molecule has 0 atom stereocenters. The Kier molecular flexibility index (Phi) is 4.03. The summed E-state index contributed by atoms with van der Waals surface area (Å²) < 4.78 is 0. The molecule has 24 heavy (non-hydrogen) atoms. The first kappa shape index (κ1) is 15.7. The van der Waals surface area contributed by atoms with E-state index < -0.39 is 0 Å². The van der Waals surface area contributed by atoms with E-state index in [1.807, 2.05) is 56.2 Å². The number of imidazole rings is 1. The van der Waals surface area contributed by atoms with Crippen molar-refractivity contribution >= 4 is 34.3 Å². The molecular weight excluding hydrogens is 306 g/mol. The number of aromatic nitrogens is 4. The van der Waals surface area contributed by atoms with Gasteiger partial charge in [-0.1, -0.05) is 0 Å². The average molecular weight is 325 g/mol. The number of rotatable bonds is 4. The second kappa shape index (κ2) is 6.15. The van der Waals surface area contributed by atoms with Gasteiger partial charge in [0.2, 0.25) is 0 Å². The first-order valence-corrected chi connectivity index (χ1v) is 7.41. The molecule has 2 aromatic heterocycles. The maximum Gasteiger partial charge on any atom is 0.257 e. The van der Waals surface area contributed by atoms with Crippen molar-refractivity contribution in [3.05, 3.63) is 36.4 Å². The van der Waals surface area contributed by atoms with Crippen LogP contribution in [0.1, 0.15) is 10.4 Å². The Labute approximate surface area is 139 Å². The zero-order valence-electron chi connectivity index (χ0n) is 14.0. The summed E-state index contributed by atoms with van der Waals surface area (Å²) in [7, 11) is 7.76. The lowest BCUT2D eigenvalue weighted by molar-refractivity contribution is 0.102. The minimum Gasteiger partial charge on any atom is -0.378 e. The highest BCUT2D eigenvalue weighted by molar-refractivity contribution is 6.07. The molecule has 0 aliphatic carbocycles. The zero-order chi connectivity index (χ0) is 17.3. The lowest BCUT2D eigenvalue weighted by Crippen LogP contribution is -2.17. The molecule has 2 heterocycles. The van der Waals surface area contributed by atoms with Crippen LogP contribution in [0.3, 0.4) is 0 Å². The predicted molar refractivity (Wildman–Crippen MR) is 94.7 cm³/mol. The van der Waals surface area contributed by atoms with Crippen LogP contribution in [0.4, 0.5) is 17.2 Å². The number of aromatic amines is 1. The zero-order valence-corrected chi connectivity index (χ0v) is 14.0. The van der Waals surface area contributed by atoms with Crippen LogP contribution in [-0.4, -0.2) is 54.0 Å². The molecule has 0 fully saturated rings. The molecule has 0 aliphatic heterocycles. The maximum absolute atomic E-state index is 12.7. The monoisotopic (exact) mass is 325 g/mol. The topological polar surface area (TPSA) is 90.0 Å². The predicted octanol–water partition coefficient (Wildman–Crippen LogP) is 1.74. The van der Waals surface area contributed by atoms with E-state index in [9.17, 15) is 4.79 Å². The molecule has 0 unspecified atom stereocenters. The van der Waals surface area contributed by atoms with E-state index in [2.05, 4.69) is 25.3 Å². The van der Waals surface area contributed by atoms with Gasteiger partial charge >= 0.3 is 0 Å². The lowest BCUT2D eigenvalue weighted by atomic mass is 10.1. The second-order valence-electron chi connectivity index (χ2n) is 5.80. The smallest absolute Gasteiger partial charge is 0.257 e. The SMILES string of the molecule is CN(C)c1cc(C(=O)Nc2ncnc3nc[nH]c23)cc(N(C)C)c1. The Morgan fingerprint density at radius 2 is 1.67 bits per heavy atom. The quantitative estimate of drug-likeness (QED) is 0.759. The molecule has 8 nitrogen and oxygen atoms in total. The van der Waals surface area contributed by atoms with E-state index in [0.717, 1.165) is 11.4 Å². The van der Waals surface area contributed by atoms with Crippen molar-refractivity contribution in [1.29, 1.82) is 0 Å². The number of benzene rings is 1. The van der Waals surface area contributed by atoms with E-state index >= 15 is 0 Å². The Morgan fingerprint density at radius 3 is 2.29 bits per heavy atom. The highest BCUT2D eigenvalue weighted by Gasteiger charge is 2.14. The first-order chi connectivity index (χ1) is 11.5. The molecule has 0 saturated carbocycles. The number of hydrogen-bond donors (Lipinski definition) is 2. The summed E-state index contributed by atoms with van der Waals surface area (Å²) in [5, 5.41) is 2.82. The lowest BCUT2D eigenvalue weighted by Gasteiger charge is -2.19. The van der Waals surface area contributed by atoms with Gasteiger partial charge in [0, 0.05) is 45.1 Å². The van der Waals surface area contributed by atoms with Crippen molar-refractivity contribution in [2.75, 3.05) is 43.3 Å². The van der Waals surface area contributed by atoms with Gasteiger partial charge in [0.1, 0.15) is 11.8 Å². The molecule has 0 aliphatic rings. The van der Waals surface area contributed by atoms with Crippen molar-refractivity contribution in [3.63, 3.8) is 0 Å². The number of fused-ring (bicyclic) bond motifs is 1. The van der Waals surface area contributed by atoms with E-state index in [-0.39, 0.29) is 5.91 Å². The van der Waals surface area contributed by atoms with Gasteiger partial charge in [-0.2, -0.15) is 0 Å². The van der Waals surface area contributed by atoms with Crippen LogP contribution in [0.2, 0.25) is 0 Å². The van der Waals surface area contributed by atoms with E-state index in [4.69, 9.17) is 0 Å². The van der Waals surface area contributed by atoms with Crippen LogP contribution < -0.4 is 15.1 Å². The Hall–Kier alpha value is -3.16. The Bertz CT molecular complexity index is 859. The third kappa shape index (κ3) is 2.98. The van der Waals surface area contributed by atoms with Crippen LogP contribution in [-0.2, 0) is 0 Å². The van der Waals surface area contributed by atoms with Gasteiger partial charge in [-0.15, -0.1) is 0 Å². The normalized spacial score (nSPS) is 10.7. The maximum atomic E-state index is 12.7. The van der Waals surface area contributed by atoms with Crippen molar-refractivity contribution in [2.45, 2.75) is 0 Å². The van der Waals surface area contributed by atoms with E-state index in [1.165, 1.54) is 12.7 Å². The Balaban J connectivity index is 1.96. The number of carbonyl (C=O) groups is 1. The summed E-state index contributed by atoms with van der Waals surface area (Å²) in [4.78, 5) is 31.8. The molecule has 1 amide bonds. The van der Waals surface area contributed by atoms with E-state index in [0.29, 0.717) is 22.5 Å². The summed E-state index contributed by atoms with van der Waals surface area (Å²) in [5.41, 5.74) is 3.55. The number of anilines is 3. The van der Waals surface area contributed by atoms with Crippen LogP contribution in [0.15, 0.2) is 30.9 Å². The third-order valence-electron chi connectivity index (χ3n) is 3.65. The molecular formula is C16H19N7O. The van der Waals surface area contributed by atoms with Gasteiger partial charge in [-0.05, 0) is 18.2 Å². The van der Waals surface area contributed by atoms with Gasteiger partial charge in [0.05, 0.1) is 6.33 Å². The molecule has 124 valence electrons. The van der Waals surface area contributed by atoms with Crippen molar-refractivity contribution in [2.24, 2.45) is 0 Å². The molecule has 0 bridgehead atoms. The number of carbonyl (C=O) groups excluding carboxylic acids is 1. The standard InChI is InChI=1S/C16H19N7O/c1-22(2)11-5-10(6-12(7-11)23(3)4)16(24)21-15-13-14(18-8-17-13)19-9-20-15/h5-9H,1-4H3,(H2,17,18,19,20,21,24). The summed E-state index contributed by atoms with van der Waals surface area (Å²) in [5.74, 6) is 0.167. The number of hydrogen-bond acceptors (Lipinski definition) is 6. The summed E-state index contributed by atoms with van der Waals surface area (Å²) in [6.45, 7) is 0. The van der Waals surface area contributed by atoms with Gasteiger partial charge < -0.3 is 20.1 Å². The average Bonchev–Trinajstić information content (AvgIpc) is 3.04. The Morgan fingerprint density at radius 1 is 1.00 bits per heavy atom. The number of nitrogens with one attached hydrogen (secondary N) is 2. The number of amides is 1. The fourth-order valence-electron chi connectivity index (χ4n) is 2.28. The van der Waals surface area contributed by atoms with Crippen molar-refractivity contribution in [1.82, 2.24) is 19.9 Å². The number of H-pyrrole nitrogens is 1. The highest BCUT2D eigenvalue weighted by Crippen LogP contribution is 2.24. The largest absolute Gasteiger partial charge is 0.378 e.